The van der Waals surface area contributed by atoms with E-state index < -0.39 is 0 Å². The van der Waals surface area contributed by atoms with Crippen LogP contribution in [0.2, 0.25) is 0 Å². The van der Waals surface area contributed by atoms with Crippen molar-refractivity contribution in [3.63, 3.8) is 0 Å². The normalized spacial score (nSPS) is 15.2. The van der Waals surface area contributed by atoms with Gasteiger partial charge in [-0.2, -0.15) is 0 Å². The van der Waals surface area contributed by atoms with Gasteiger partial charge in [0.2, 0.25) is 5.91 Å². The number of nitrogens with one attached hydrogen (secondary N) is 1. The third-order valence-electron chi connectivity index (χ3n) is 2.52. The van der Waals surface area contributed by atoms with Crippen LogP contribution in [-0.4, -0.2) is 10.9 Å². The summed E-state index contributed by atoms with van der Waals surface area (Å²) in [6.45, 7) is 4.89. The molecule has 1 aliphatic heterocycles. The zero-order valence-corrected chi connectivity index (χ0v) is 8.50. The predicted molar refractivity (Wildman–Crippen MR) is 53.9 cm³/mol. The summed E-state index contributed by atoms with van der Waals surface area (Å²) >= 11 is 0. The van der Waals surface area contributed by atoms with E-state index in [4.69, 9.17) is 0 Å². The quantitative estimate of drug-likeness (QED) is 0.726. The smallest absolute Gasteiger partial charge is 0.224 e. The number of aromatic nitrogens is 1. The molecule has 0 atom stereocenters. The summed E-state index contributed by atoms with van der Waals surface area (Å²) in [5.41, 5.74) is 3.38. The zero-order valence-electron chi connectivity index (χ0n) is 8.50. The average molecular weight is 190 g/mol. The van der Waals surface area contributed by atoms with E-state index in [0.29, 0.717) is 18.9 Å². The van der Waals surface area contributed by atoms with Crippen molar-refractivity contribution < 1.29 is 4.79 Å². The maximum Gasteiger partial charge on any atom is 0.224 e. The summed E-state index contributed by atoms with van der Waals surface area (Å²) in [5, 5.41) is 2.84. The van der Waals surface area contributed by atoms with Gasteiger partial charge in [-0.15, -0.1) is 0 Å². The minimum absolute atomic E-state index is 0.0941. The third-order valence-corrected chi connectivity index (χ3v) is 2.52. The summed E-state index contributed by atoms with van der Waals surface area (Å²) < 4.78 is 0. The molecule has 0 radical (unpaired) electrons. The van der Waals surface area contributed by atoms with Crippen molar-refractivity contribution in [2.45, 2.75) is 32.7 Å². The number of fused-ring (bicyclic) bond motifs is 1. The second-order valence-electron chi connectivity index (χ2n) is 3.99. The molecule has 1 aliphatic rings. The molecule has 0 spiro atoms. The van der Waals surface area contributed by atoms with Crippen LogP contribution in [0.15, 0.2) is 12.3 Å². The van der Waals surface area contributed by atoms with Crippen LogP contribution >= 0.6 is 0 Å². The molecule has 1 amide bonds. The first-order chi connectivity index (χ1) is 6.66. The molecule has 1 N–H and O–H groups in total. The van der Waals surface area contributed by atoms with Gasteiger partial charge in [-0.1, -0.05) is 13.8 Å². The molecule has 0 saturated carbocycles. The highest BCUT2D eigenvalue weighted by atomic mass is 16.1. The van der Waals surface area contributed by atoms with Crippen LogP contribution in [0.5, 0.6) is 0 Å². The molecule has 74 valence electrons. The molecule has 3 nitrogen and oxygen atoms in total. The Balaban J connectivity index is 2.36. The number of hydrogen-bond acceptors (Lipinski definition) is 2. The third kappa shape index (κ3) is 1.62. The lowest BCUT2D eigenvalue weighted by Gasteiger charge is -2.17. The van der Waals surface area contributed by atoms with Gasteiger partial charge in [0.05, 0.1) is 6.42 Å². The molecule has 3 heteroatoms. The van der Waals surface area contributed by atoms with Crippen molar-refractivity contribution in [2.24, 2.45) is 0 Å². The molecule has 2 heterocycles. The Labute approximate surface area is 83.5 Å². The van der Waals surface area contributed by atoms with E-state index in [2.05, 4.69) is 30.2 Å². The molecule has 2 rings (SSSR count). The van der Waals surface area contributed by atoms with Gasteiger partial charge in [-0.3, -0.25) is 9.78 Å². The Morgan fingerprint density at radius 2 is 2.21 bits per heavy atom. The topological polar surface area (TPSA) is 42.0 Å². The van der Waals surface area contributed by atoms with Crippen LogP contribution in [-0.2, 0) is 17.8 Å². The molecule has 0 saturated heterocycles. The van der Waals surface area contributed by atoms with Gasteiger partial charge in [0.25, 0.3) is 0 Å². The first-order valence-corrected chi connectivity index (χ1v) is 4.91. The molecule has 0 aliphatic carbocycles. The largest absolute Gasteiger partial charge is 0.352 e. The van der Waals surface area contributed by atoms with Gasteiger partial charge in [-0.05, 0) is 23.1 Å². The second kappa shape index (κ2) is 3.40. The van der Waals surface area contributed by atoms with E-state index in [9.17, 15) is 4.79 Å². The number of pyridine rings is 1. The fourth-order valence-electron chi connectivity index (χ4n) is 1.61. The van der Waals surface area contributed by atoms with Crippen molar-refractivity contribution in [1.29, 1.82) is 0 Å². The number of rotatable bonds is 1. The van der Waals surface area contributed by atoms with Crippen molar-refractivity contribution in [3.8, 4) is 0 Å². The van der Waals surface area contributed by atoms with Gasteiger partial charge < -0.3 is 5.32 Å². The van der Waals surface area contributed by atoms with Gasteiger partial charge >= 0.3 is 0 Å². The second-order valence-corrected chi connectivity index (χ2v) is 3.99. The molecule has 0 fully saturated rings. The van der Waals surface area contributed by atoms with E-state index in [0.717, 1.165) is 11.3 Å². The summed E-state index contributed by atoms with van der Waals surface area (Å²) in [6.07, 6.45) is 2.31. The van der Waals surface area contributed by atoms with Gasteiger partial charge in [0, 0.05) is 18.4 Å². The molecule has 1 aromatic rings. The summed E-state index contributed by atoms with van der Waals surface area (Å²) in [6, 6.07) is 2.10. The monoisotopic (exact) mass is 190 g/mol. The van der Waals surface area contributed by atoms with Crippen molar-refractivity contribution in [1.82, 2.24) is 10.3 Å². The van der Waals surface area contributed by atoms with Crippen LogP contribution in [0, 0.1) is 0 Å². The molecule has 14 heavy (non-hydrogen) atoms. The highest BCUT2D eigenvalue weighted by Crippen LogP contribution is 2.18. The Kier molecular flexibility index (Phi) is 2.23. The van der Waals surface area contributed by atoms with E-state index in [1.807, 2.05) is 6.20 Å². The summed E-state index contributed by atoms with van der Waals surface area (Å²) in [4.78, 5) is 15.5. The molecule has 0 unspecified atom stereocenters. The predicted octanol–water partition coefficient (Wildman–Crippen LogP) is 1.38. The highest BCUT2D eigenvalue weighted by Gasteiger charge is 2.15. The van der Waals surface area contributed by atoms with Crippen LogP contribution < -0.4 is 5.32 Å². The van der Waals surface area contributed by atoms with Gasteiger partial charge in [0.1, 0.15) is 0 Å². The lowest BCUT2D eigenvalue weighted by molar-refractivity contribution is -0.121. The molecule has 0 aromatic carbocycles. The van der Waals surface area contributed by atoms with Crippen LogP contribution in [0.4, 0.5) is 0 Å². The fourth-order valence-corrected chi connectivity index (χ4v) is 1.61. The zero-order chi connectivity index (χ0) is 10.1. The Morgan fingerprint density at radius 1 is 1.43 bits per heavy atom. The summed E-state index contributed by atoms with van der Waals surface area (Å²) in [7, 11) is 0. The van der Waals surface area contributed by atoms with Gasteiger partial charge in [-0.25, -0.2) is 0 Å². The van der Waals surface area contributed by atoms with Crippen LogP contribution in [0.25, 0.3) is 0 Å². The Hall–Kier alpha value is -1.38. The number of amides is 1. The maximum absolute atomic E-state index is 11.1. The minimum atomic E-state index is 0.0941. The Bertz CT molecular complexity index is 372. The highest BCUT2D eigenvalue weighted by molar-refractivity contribution is 5.80. The molecular formula is C11H14N2O. The van der Waals surface area contributed by atoms with Crippen LogP contribution in [0.3, 0.4) is 0 Å². The summed E-state index contributed by atoms with van der Waals surface area (Å²) in [5.74, 6) is 0.537. The molecule has 0 bridgehead atoms. The van der Waals surface area contributed by atoms with E-state index in [1.54, 1.807) is 0 Å². The first-order valence-electron chi connectivity index (χ1n) is 4.91. The number of carbonyl (C=O) groups excluding carboxylic acids is 1. The Morgan fingerprint density at radius 3 is 2.93 bits per heavy atom. The number of carbonyl (C=O) groups is 1. The van der Waals surface area contributed by atoms with E-state index in [1.165, 1.54) is 5.56 Å². The first kappa shape index (κ1) is 9.19. The fraction of sp³-hybridized carbons (Fsp3) is 0.455. The van der Waals surface area contributed by atoms with Gasteiger partial charge in [0.15, 0.2) is 0 Å². The lowest BCUT2D eigenvalue weighted by Crippen LogP contribution is -2.30. The van der Waals surface area contributed by atoms with Crippen molar-refractivity contribution in [3.05, 3.63) is 29.1 Å². The minimum Gasteiger partial charge on any atom is -0.352 e. The number of nitrogens with zero attached hydrogens (tertiary/aromatic N) is 1. The standard InChI is InChI=1S/C11H14N2O/c1-7(2)10-3-8-6-13-11(14)4-9(8)5-12-10/h3,5,7H,4,6H2,1-2H3,(H,13,14). The maximum atomic E-state index is 11.1. The van der Waals surface area contributed by atoms with Crippen molar-refractivity contribution >= 4 is 5.91 Å². The van der Waals surface area contributed by atoms with Crippen LogP contribution in [0.1, 0.15) is 36.6 Å². The SMILES string of the molecule is CC(C)c1cc2c(cn1)CC(=O)NC2. The van der Waals surface area contributed by atoms with E-state index >= 15 is 0 Å². The van der Waals surface area contributed by atoms with E-state index in [-0.39, 0.29) is 5.91 Å². The number of hydrogen-bond donors (Lipinski definition) is 1. The lowest BCUT2D eigenvalue weighted by atomic mass is 9.99. The average Bonchev–Trinajstić information content (AvgIpc) is 2.16. The molecular weight excluding hydrogens is 176 g/mol. The molecule has 1 aromatic heterocycles. The van der Waals surface area contributed by atoms with Crippen molar-refractivity contribution in [2.75, 3.05) is 0 Å².